The molecule has 0 bridgehead atoms. The Morgan fingerprint density at radius 3 is 2.80 bits per heavy atom. The largest absolute Gasteiger partial charge is 0.482 e. The minimum atomic E-state index is -0.559. The van der Waals surface area contributed by atoms with Gasteiger partial charge in [-0.05, 0) is 19.0 Å². The highest BCUT2D eigenvalue weighted by Gasteiger charge is 2.29. The van der Waals surface area contributed by atoms with Gasteiger partial charge in [-0.2, -0.15) is 0 Å². The van der Waals surface area contributed by atoms with E-state index in [-0.39, 0.29) is 42.8 Å². The van der Waals surface area contributed by atoms with E-state index in [2.05, 4.69) is 10.6 Å². The first-order valence-electron chi connectivity index (χ1n) is 7.72. The lowest BCUT2D eigenvalue weighted by Gasteiger charge is -2.28. The predicted molar refractivity (Wildman–Crippen MR) is 94.4 cm³/mol. The number of halogens is 1. The number of nitro groups is 1. The molecular formula is C15H21ClN4O5. The van der Waals surface area contributed by atoms with Gasteiger partial charge in [0.05, 0.1) is 10.6 Å². The number of nitrogens with zero attached hydrogens (tertiary/aromatic N) is 2. The molecule has 138 valence electrons. The maximum absolute atomic E-state index is 12.0. The molecule has 0 unspecified atom stereocenters. The minimum absolute atomic E-state index is 0. The van der Waals surface area contributed by atoms with Crippen LogP contribution in [-0.4, -0.2) is 49.5 Å². The van der Waals surface area contributed by atoms with Gasteiger partial charge in [-0.3, -0.25) is 24.6 Å². The molecule has 1 aliphatic rings. The second-order valence-corrected chi connectivity index (χ2v) is 5.28. The quantitative estimate of drug-likeness (QED) is 0.397. The number of hydrogen-bond donors (Lipinski definition) is 2. The molecule has 2 N–H and O–H groups in total. The number of carbonyl (C=O) groups is 2. The third kappa shape index (κ3) is 5.57. The Morgan fingerprint density at radius 1 is 1.36 bits per heavy atom. The average Bonchev–Trinajstić information content (AvgIpc) is 2.56. The van der Waals surface area contributed by atoms with Crippen molar-refractivity contribution in [3.8, 4) is 5.75 Å². The van der Waals surface area contributed by atoms with Crippen LogP contribution in [0.5, 0.6) is 5.75 Å². The zero-order valence-electron chi connectivity index (χ0n) is 13.8. The van der Waals surface area contributed by atoms with Crippen molar-refractivity contribution in [1.29, 1.82) is 0 Å². The second-order valence-electron chi connectivity index (χ2n) is 5.28. The molecule has 0 aliphatic carbocycles. The van der Waals surface area contributed by atoms with Crippen LogP contribution in [0.3, 0.4) is 0 Å². The highest BCUT2D eigenvalue weighted by atomic mass is 35.5. The van der Waals surface area contributed by atoms with Crippen molar-refractivity contribution in [1.82, 2.24) is 10.6 Å². The van der Waals surface area contributed by atoms with Gasteiger partial charge >= 0.3 is 0 Å². The predicted octanol–water partition coefficient (Wildman–Crippen LogP) is 0.858. The summed E-state index contributed by atoms with van der Waals surface area (Å²) >= 11 is 0. The summed E-state index contributed by atoms with van der Waals surface area (Å²) in [6, 6.07) is 3.97. The van der Waals surface area contributed by atoms with Crippen molar-refractivity contribution in [3.63, 3.8) is 0 Å². The number of non-ortho nitro benzene ring substituents is 1. The number of hydrogen-bond acceptors (Lipinski definition) is 6. The summed E-state index contributed by atoms with van der Waals surface area (Å²) in [5, 5.41) is 16.8. The number of rotatable bonds is 8. The third-order valence-electron chi connectivity index (χ3n) is 3.45. The summed E-state index contributed by atoms with van der Waals surface area (Å²) in [6.45, 7) is 3.60. The summed E-state index contributed by atoms with van der Waals surface area (Å²) in [5.41, 5.74) is 0.0703. The van der Waals surface area contributed by atoms with E-state index in [1.165, 1.54) is 23.1 Å². The van der Waals surface area contributed by atoms with Gasteiger partial charge in [0.15, 0.2) is 6.61 Å². The Kier molecular flexibility index (Phi) is 8.09. The van der Waals surface area contributed by atoms with Gasteiger partial charge in [0.1, 0.15) is 12.3 Å². The number of carbonyl (C=O) groups excluding carboxylic acids is 2. The van der Waals surface area contributed by atoms with Crippen LogP contribution in [0.2, 0.25) is 0 Å². The molecule has 0 saturated heterocycles. The van der Waals surface area contributed by atoms with Gasteiger partial charge in [0, 0.05) is 25.2 Å². The molecule has 1 aromatic carbocycles. The molecule has 1 aromatic rings. The fourth-order valence-corrected chi connectivity index (χ4v) is 2.27. The highest BCUT2D eigenvalue weighted by molar-refractivity contribution is 6.02. The fraction of sp³-hybridized carbons (Fsp3) is 0.467. The highest BCUT2D eigenvalue weighted by Crippen LogP contribution is 2.34. The standard InChI is InChI=1S/C15H20N4O5.ClH/c1-2-5-16-6-7-17-14(20)9-18-12-8-11(19(22)23)3-4-13(12)24-10-15(18)21;/h3-4,8,16H,2,5-7,9-10H2,1H3,(H,17,20);1H. The minimum Gasteiger partial charge on any atom is -0.482 e. The van der Waals surface area contributed by atoms with E-state index in [1.54, 1.807) is 0 Å². The molecule has 25 heavy (non-hydrogen) atoms. The van der Waals surface area contributed by atoms with E-state index < -0.39 is 10.8 Å². The normalized spacial score (nSPS) is 12.7. The Balaban J connectivity index is 0.00000312. The molecule has 0 saturated carbocycles. The number of amides is 2. The molecule has 0 aromatic heterocycles. The van der Waals surface area contributed by atoms with E-state index in [0.29, 0.717) is 18.8 Å². The van der Waals surface area contributed by atoms with E-state index in [1.807, 2.05) is 6.92 Å². The maximum atomic E-state index is 12.0. The van der Waals surface area contributed by atoms with Crippen molar-refractivity contribution < 1.29 is 19.2 Å². The first-order chi connectivity index (χ1) is 11.5. The van der Waals surface area contributed by atoms with Gasteiger partial charge < -0.3 is 15.4 Å². The first kappa shape index (κ1) is 20.7. The lowest BCUT2D eigenvalue weighted by atomic mass is 10.2. The molecular weight excluding hydrogens is 352 g/mol. The lowest BCUT2D eigenvalue weighted by Crippen LogP contribution is -2.46. The van der Waals surface area contributed by atoms with Gasteiger partial charge in [0.25, 0.3) is 11.6 Å². The van der Waals surface area contributed by atoms with E-state index in [4.69, 9.17) is 4.74 Å². The summed E-state index contributed by atoms with van der Waals surface area (Å²) in [5.74, 6) is -0.402. The van der Waals surface area contributed by atoms with Crippen molar-refractivity contribution in [2.24, 2.45) is 0 Å². The molecule has 0 radical (unpaired) electrons. The summed E-state index contributed by atoms with van der Waals surface area (Å²) in [6.07, 6.45) is 1.01. The summed E-state index contributed by atoms with van der Waals surface area (Å²) < 4.78 is 5.25. The number of nitro benzene ring substituents is 1. The Hall–Kier alpha value is -2.39. The number of nitrogens with one attached hydrogen (secondary N) is 2. The summed E-state index contributed by atoms with van der Waals surface area (Å²) in [4.78, 5) is 35.6. The lowest BCUT2D eigenvalue weighted by molar-refractivity contribution is -0.384. The smallest absolute Gasteiger partial charge is 0.271 e. The zero-order valence-corrected chi connectivity index (χ0v) is 14.6. The Morgan fingerprint density at radius 2 is 2.12 bits per heavy atom. The molecule has 2 rings (SSSR count). The second kappa shape index (κ2) is 9.80. The van der Waals surface area contributed by atoms with Crippen LogP contribution in [0, 0.1) is 10.1 Å². The zero-order chi connectivity index (χ0) is 17.5. The van der Waals surface area contributed by atoms with Crippen molar-refractivity contribution >= 4 is 35.6 Å². The number of ether oxygens (including phenoxy) is 1. The van der Waals surface area contributed by atoms with Crippen LogP contribution in [-0.2, 0) is 9.59 Å². The SMILES string of the molecule is CCCNCCNC(=O)CN1C(=O)COc2ccc([N+](=O)[O-])cc21.Cl. The number of benzene rings is 1. The van der Waals surface area contributed by atoms with E-state index in [0.717, 1.165) is 13.0 Å². The van der Waals surface area contributed by atoms with Crippen molar-refractivity contribution in [2.75, 3.05) is 37.7 Å². The molecule has 0 fully saturated rings. The molecule has 2 amide bonds. The third-order valence-corrected chi connectivity index (χ3v) is 3.45. The molecule has 10 heteroatoms. The van der Waals surface area contributed by atoms with Crippen LogP contribution in [0.1, 0.15) is 13.3 Å². The van der Waals surface area contributed by atoms with Crippen LogP contribution in [0.25, 0.3) is 0 Å². The first-order valence-corrected chi connectivity index (χ1v) is 7.72. The van der Waals surface area contributed by atoms with Crippen LogP contribution in [0.15, 0.2) is 18.2 Å². The van der Waals surface area contributed by atoms with Crippen molar-refractivity contribution in [2.45, 2.75) is 13.3 Å². The van der Waals surface area contributed by atoms with Crippen molar-refractivity contribution in [3.05, 3.63) is 28.3 Å². The molecule has 0 spiro atoms. The van der Waals surface area contributed by atoms with Gasteiger partial charge in [-0.25, -0.2) is 0 Å². The van der Waals surface area contributed by atoms with Crippen LogP contribution < -0.4 is 20.3 Å². The Labute approximate surface area is 151 Å². The molecule has 9 nitrogen and oxygen atoms in total. The van der Waals surface area contributed by atoms with Gasteiger partial charge in [-0.15, -0.1) is 12.4 Å². The monoisotopic (exact) mass is 372 g/mol. The van der Waals surface area contributed by atoms with Crippen LogP contribution in [0.4, 0.5) is 11.4 Å². The van der Waals surface area contributed by atoms with Gasteiger partial charge in [-0.1, -0.05) is 6.92 Å². The molecule has 1 aliphatic heterocycles. The fourth-order valence-electron chi connectivity index (χ4n) is 2.27. The van der Waals surface area contributed by atoms with E-state index >= 15 is 0 Å². The van der Waals surface area contributed by atoms with Gasteiger partial charge in [0.2, 0.25) is 5.91 Å². The average molecular weight is 373 g/mol. The molecule has 0 atom stereocenters. The molecule has 1 heterocycles. The summed E-state index contributed by atoms with van der Waals surface area (Å²) in [7, 11) is 0. The number of fused-ring (bicyclic) bond motifs is 1. The topological polar surface area (TPSA) is 114 Å². The van der Waals surface area contributed by atoms with E-state index in [9.17, 15) is 19.7 Å². The Bertz CT molecular complexity index is 640. The van der Waals surface area contributed by atoms with Crippen LogP contribution >= 0.6 is 12.4 Å². The number of anilines is 1. The maximum Gasteiger partial charge on any atom is 0.271 e.